The Morgan fingerprint density at radius 1 is 0.867 bits per heavy atom. The molecule has 0 spiro atoms. The van der Waals surface area contributed by atoms with Crippen LogP contribution >= 0.6 is 15.9 Å². The minimum absolute atomic E-state index is 0.126. The predicted molar refractivity (Wildman–Crippen MR) is 120 cm³/mol. The van der Waals surface area contributed by atoms with Gasteiger partial charge < -0.3 is 10.0 Å². The summed E-state index contributed by atoms with van der Waals surface area (Å²) in [6.45, 7) is 0.376. The first-order chi connectivity index (χ1) is 14.6. The maximum atomic E-state index is 13.0. The molecule has 5 heteroatoms. The number of rotatable bonds is 5. The monoisotopic (exact) mass is 461 g/mol. The van der Waals surface area contributed by atoms with Crippen molar-refractivity contribution in [2.24, 2.45) is 0 Å². The molecule has 1 N–H and O–H groups in total. The first-order valence-electron chi connectivity index (χ1n) is 9.69. The summed E-state index contributed by atoms with van der Waals surface area (Å²) in [5, 5.41) is 11.0. The standard InChI is InChI=1S/C25H20BrNO3/c26-20-13-11-18(12-14-20)22-21(23(28)19-9-5-2-6-10-19)24(29)25(30)27(22)16-15-17-7-3-1-4-8-17/h1-14,22,28H,15-16H2/b23-21+. The predicted octanol–water partition coefficient (Wildman–Crippen LogP) is 5.11. The Bertz CT molecular complexity index is 1090. The SMILES string of the molecule is O=C1C(=O)N(CCc2ccccc2)C(c2ccc(Br)cc2)/C1=C(\O)c1ccccc1. The van der Waals surface area contributed by atoms with Crippen molar-refractivity contribution in [2.45, 2.75) is 12.5 Å². The van der Waals surface area contributed by atoms with Crippen LogP contribution in [0.1, 0.15) is 22.7 Å². The van der Waals surface area contributed by atoms with Gasteiger partial charge in [-0.15, -0.1) is 0 Å². The zero-order valence-electron chi connectivity index (χ0n) is 16.2. The summed E-state index contributed by atoms with van der Waals surface area (Å²) in [5.74, 6) is -1.39. The van der Waals surface area contributed by atoms with Crippen LogP contribution in [0.25, 0.3) is 5.76 Å². The fraction of sp³-hybridized carbons (Fsp3) is 0.120. The fourth-order valence-corrected chi connectivity index (χ4v) is 4.01. The molecule has 1 heterocycles. The van der Waals surface area contributed by atoms with Gasteiger partial charge in [-0.3, -0.25) is 9.59 Å². The van der Waals surface area contributed by atoms with Crippen LogP contribution in [-0.4, -0.2) is 28.2 Å². The van der Waals surface area contributed by atoms with Gasteiger partial charge >= 0.3 is 0 Å². The lowest BCUT2D eigenvalue weighted by molar-refractivity contribution is -0.139. The number of carbonyl (C=O) groups excluding carboxylic acids is 2. The molecule has 150 valence electrons. The van der Waals surface area contributed by atoms with Gasteiger partial charge in [-0.1, -0.05) is 88.7 Å². The number of ketones is 1. The quantitative estimate of drug-likeness (QED) is 0.326. The molecule has 1 unspecified atom stereocenters. The number of hydrogen-bond donors (Lipinski definition) is 1. The van der Waals surface area contributed by atoms with E-state index in [-0.39, 0.29) is 11.3 Å². The maximum absolute atomic E-state index is 13.0. The van der Waals surface area contributed by atoms with E-state index in [0.29, 0.717) is 18.5 Å². The second kappa shape index (κ2) is 8.67. The van der Waals surface area contributed by atoms with E-state index in [9.17, 15) is 14.7 Å². The van der Waals surface area contributed by atoms with Crippen molar-refractivity contribution >= 4 is 33.4 Å². The topological polar surface area (TPSA) is 57.6 Å². The van der Waals surface area contributed by atoms with Gasteiger partial charge in [0.15, 0.2) is 0 Å². The number of aliphatic hydroxyl groups is 1. The van der Waals surface area contributed by atoms with Crippen LogP contribution in [0.3, 0.4) is 0 Å². The summed E-state index contributed by atoms with van der Waals surface area (Å²) in [6.07, 6.45) is 0.617. The Balaban J connectivity index is 1.78. The highest BCUT2D eigenvalue weighted by Crippen LogP contribution is 2.39. The minimum Gasteiger partial charge on any atom is -0.507 e. The number of nitrogens with zero attached hydrogens (tertiary/aromatic N) is 1. The second-order valence-electron chi connectivity index (χ2n) is 7.15. The average molecular weight is 462 g/mol. The molecule has 3 aromatic rings. The van der Waals surface area contributed by atoms with E-state index >= 15 is 0 Å². The normalized spacial score (nSPS) is 18.0. The number of halogens is 1. The van der Waals surface area contributed by atoms with Gasteiger partial charge in [0.05, 0.1) is 11.6 Å². The third-order valence-corrected chi connectivity index (χ3v) is 5.79. The molecule has 1 saturated heterocycles. The van der Waals surface area contributed by atoms with Crippen molar-refractivity contribution < 1.29 is 14.7 Å². The Morgan fingerprint density at radius 2 is 1.47 bits per heavy atom. The van der Waals surface area contributed by atoms with Crippen LogP contribution in [0.15, 0.2) is 95.0 Å². The molecule has 1 fully saturated rings. The lowest BCUT2D eigenvalue weighted by Crippen LogP contribution is -2.31. The van der Waals surface area contributed by atoms with Crippen molar-refractivity contribution in [1.82, 2.24) is 4.90 Å². The molecule has 4 rings (SSSR count). The van der Waals surface area contributed by atoms with E-state index in [1.165, 1.54) is 0 Å². The van der Waals surface area contributed by atoms with Crippen LogP contribution in [0.4, 0.5) is 0 Å². The molecule has 1 aliphatic heterocycles. The van der Waals surface area contributed by atoms with E-state index < -0.39 is 17.7 Å². The van der Waals surface area contributed by atoms with Gasteiger partial charge in [0, 0.05) is 16.6 Å². The third-order valence-electron chi connectivity index (χ3n) is 5.26. The molecule has 1 atom stereocenters. The number of likely N-dealkylation sites (tertiary alicyclic amines) is 1. The zero-order valence-corrected chi connectivity index (χ0v) is 17.7. The summed E-state index contributed by atoms with van der Waals surface area (Å²) < 4.78 is 0.899. The summed E-state index contributed by atoms with van der Waals surface area (Å²) in [7, 11) is 0. The summed E-state index contributed by atoms with van der Waals surface area (Å²) >= 11 is 3.43. The first-order valence-corrected chi connectivity index (χ1v) is 10.5. The molecule has 1 amide bonds. The molecule has 1 aliphatic rings. The highest BCUT2D eigenvalue weighted by molar-refractivity contribution is 9.10. The Kier molecular flexibility index (Phi) is 5.81. The van der Waals surface area contributed by atoms with Gasteiger partial charge in [-0.2, -0.15) is 0 Å². The van der Waals surface area contributed by atoms with E-state index in [0.717, 1.165) is 15.6 Å². The van der Waals surface area contributed by atoms with Gasteiger partial charge in [-0.05, 0) is 29.7 Å². The van der Waals surface area contributed by atoms with Gasteiger partial charge in [0.1, 0.15) is 5.76 Å². The number of Topliss-reactive ketones (excluding diaryl/α,β-unsaturated/α-hetero) is 1. The molecule has 0 saturated carbocycles. The van der Waals surface area contributed by atoms with E-state index in [1.54, 1.807) is 29.2 Å². The molecule has 0 bridgehead atoms. The number of amides is 1. The number of aliphatic hydroxyl groups excluding tert-OH is 1. The van der Waals surface area contributed by atoms with Crippen LogP contribution < -0.4 is 0 Å². The fourth-order valence-electron chi connectivity index (χ4n) is 3.75. The smallest absolute Gasteiger partial charge is 0.295 e. The number of benzene rings is 3. The number of carbonyl (C=O) groups is 2. The Labute approximate surface area is 183 Å². The number of hydrogen-bond acceptors (Lipinski definition) is 3. The minimum atomic E-state index is -0.655. The molecule has 3 aromatic carbocycles. The van der Waals surface area contributed by atoms with E-state index in [4.69, 9.17) is 0 Å². The highest BCUT2D eigenvalue weighted by atomic mass is 79.9. The summed E-state index contributed by atoms with van der Waals surface area (Å²) in [5.41, 5.74) is 2.50. The van der Waals surface area contributed by atoms with Gasteiger partial charge in [0.2, 0.25) is 0 Å². The van der Waals surface area contributed by atoms with Crippen molar-refractivity contribution in [3.05, 3.63) is 112 Å². The van der Waals surface area contributed by atoms with Crippen molar-refractivity contribution in [2.75, 3.05) is 6.54 Å². The van der Waals surface area contributed by atoms with E-state index in [2.05, 4.69) is 15.9 Å². The lowest BCUT2D eigenvalue weighted by Gasteiger charge is -2.25. The Hall–Kier alpha value is -3.18. The third kappa shape index (κ3) is 3.94. The van der Waals surface area contributed by atoms with Gasteiger partial charge in [0.25, 0.3) is 11.7 Å². The maximum Gasteiger partial charge on any atom is 0.295 e. The zero-order chi connectivity index (χ0) is 21.1. The average Bonchev–Trinajstić information content (AvgIpc) is 3.04. The van der Waals surface area contributed by atoms with E-state index in [1.807, 2.05) is 60.7 Å². The molecular formula is C25H20BrNO3. The molecule has 0 radical (unpaired) electrons. The first kappa shape index (κ1) is 20.1. The van der Waals surface area contributed by atoms with Crippen LogP contribution in [0.2, 0.25) is 0 Å². The van der Waals surface area contributed by atoms with Crippen LogP contribution in [-0.2, 0) is 16.0 Å². The summed E-state index contributed by atoms with van der Waals surface area (Å²) in [6, 6.07) is 25.5. The van der Waals surface area contributed by atoms with Gasteiger partial charge in [-0.25, -0.2) is 0 Å². The van der Waals surface area contributed by atoms with Crippen molar-refractivity contribution in [3.63, 3.8) is 0 Å². The Morgan fingerprint density at radius 3 is 2.10 bits per heavy atom. The molecular weight excluding hydrogens is 442 g/mol. The van der Waals surface area contributed by atoms with Crippen molar-refractivity contribution in [1.29, 1.82) is 0 Å². The lowest BCUT2D eigenvalue weighted by atomic mass is 9.95. The summed E-state index contributed by atoms with van der Waals surface area (Å²) in [4.78, 5) is 27.5. The largest absolute Gasteiger partial charge is 0.507 e. The van der Waals surface area contributed by atoms with Crippen molar-refractivity contribution in [3.8, 4) is 0 Å². The molecule has 4 nitrogen and oxygen atoms in total. The molecule has 0 aliphatic carbocycles. The molecule has 0 aromatic heterocycles. The highest BCUT2D eigenvalue weighted by Gasteiger charge is 2.45. The van der Waals surface area contributed by atoms with Crippen LogP contribution in [0, 0.1) is 0 Å². The second-order valence-corrected chi connectivity index (χ2v) is 8.06. The molecule has 30 heavy (non-hydrogen) atoms. The van der Waals surface area contributed by atoms with Crippen LogP contribution in [0.5, 0.6) is 0 Å².